The number of β-amino-alcohol motifs (C(OH)–C–C–N with tert-alkyl or cyclic N) is 2. The molecule has 32 heavy (non-hydrogen) atoms. The Kier molecular flexibility index (Phi) is 7.00. The van der Waals surface area contributed by atoms with Crippen LogP contribution in [0.5, 0.6) is 5.75 Å². The van der Waals surface area contributed by atoms with Crippen LogP contribution in [0.2, 0.25) is 0 Å². The number of nitrogens with zero attached hydrogens (tertiary/aromatic N) is 2. The summed E-state index contributed by atoms with van der Waals surface area (Å²) in [6.45, 7) is 5.70. The van der Waals surface area contributed by atoms with Gasteiger partial charge in [-0.25, -0.2) is 4.39 Å². The molecule has 2 N–H and O–H groups in total. The summed E-state index contributed by atoms with van der Waals surface area (Å²) < 4.78 is 24.7. The number of ether oxygens (including phenoxy) is 2. The Morgan fingerprint density at radius 1 is 1.03 bits per heavy atom. The molecule has 2 aliphatic heterocycles. The van der Waals surface area contributed by atoms with Crippen LogP contribution in [0.25, 0.3) is 0 Å². The highest BCUT2D eigenvalue weighted by Crippen LogP contribution is 2.28. The third kappa shape index (κ3) is 5.98. The van der Waals surface area contributed by atoms with E-state index in [0.717, 1.165) is 13.1 Å². The molecule has 2 aromatic rings. The summed E-state index contributed by atoms with van der Waals surface area (Å²) in [6, 6.07) is 14.3. The van der Waals surface area contributed by atoms with Gasteiger partial charge in [0.15, 0.2) is 0 Å². The molecule has 1 unspecified atom stereocenters. The van der Waals surface area contributed by atoms with Gasteiger partial charge >= 0.3 is 0 Å². The molecule has 0 bridgehead atoms. The Labute approximate surface area is 189 Å². The predicted molar refractivity (Wildman–Crippen MR) is 122 cm³/mol. The summed E-state index contributed by atoms with van der Waals surface area (Å²) in [6.07, 6.45) is 1.33. The van der Waals surface area contributed by atoms with Gasteiger partial charge < -0.3 is 24.6 Å². The molecule has 0 spiro atoms. The molecule has 7 heteroatoms. The molecular formula is C25H33FN2O4. The second kappa shape index (κ2) is 9.75. The highest BCUT2D eigenvalue weighted by molar-refractivity contribution is 5.48. The average molecular weight is 445 g/mol. The monoisotopic (exact) mass is 444 g/mol. The zero-order valence-electron chi connectivity index (χ0n) is 18.7. The van der Waals surface area contributed by atoms with Gasteiger partial charge in [-0.2, -0.15) is 0 Å². The Morgan fingerprint density at radius 2 is 1.81 bits per heavy atom. The lowest BCUT2D eigenvalue weighted by Crippen LogP contribution is -2.55. The van der Waals surface area contributed by atoms with E-state index in [1.165, 1.54) is 23.4 Å². The second-order valence-electron chi connectivity index (χ2n) is 9.28. The number of aliphatic hydroxyl groups is 2. The molecule has 2 saturated heterocycles. The van der Waals surface area contributed by atoms with E-state index in [0.29, 0.717) is 44.8 Å². The van der Waals surface area contributed by atoms with E-state index < -0.39 is 11.2 Å². The van der Waals surface area contributed by atoms with E-state index >= 15 is 0 Å². The Balaban J connectivity index is 1.33. The maximum Gasteiger partial charge on any atom is 0.134 e. The van der Waals surface area contributed by atoms with E-state index in [4.69, 9.17) is 9.47 Å². The fraction of sp³-hybridized carbons (Fsp3) is 0.520. The smallest absolute Gasteiger partial charge is 0.134 e. The maximum atomic E-state index is 13.4. The van der Waals surface area contributed by atoms with Crippen molar-refractivity contribution in [2.75, 3.05) is 57.4 Å². The van der Waals surface area contributed by atoms with Crippen LogP contribution in [0.3, 0.4) is 0 Å². The second-order valence-corrected chi connectivity index (χ2v) is 9.28. The molecule has 1 atom stereocenters. The van der Waals surface area contributed by atoms with Crippen molar-refractivity contribution < 1.29 is 24.1 Å². The van der Waals surface area contributed by atoms with Gasteiger partial charge in [-0.05, 0) is 49.6 Å². The molecule has 0 aromatic heterocycles. The molecule has 2 fully saturated rings. The quantitative estimate of drug-likeness (QED) is 0.714. The zero-order valence-corrected chi connectivity index (χ0v) is 18.7. The summed E-state index contributed by atoms with van der Waals surface area (Å²) in [5.41, 5.74) is 0.378. The minimum atomic E-state index is -1.23. The van der Waals surface area contributed by atoms with Gasteiger partial charge in [-0.15, -0.1) is 0 Å². The lowest BCUT2D eigenvalue weighted by atomic mass is 9.90. The van der Waals surface area contributed by atoms with Crippen LogP contribution in [0.15, 0.2) is 48.5 Å². The highest BCUT2D eigenvalue weighted by atomic mass is 19.1. The van der Waals surface area contributed by atoms with Gasteiger partial charge in [0, 0.05) is 44.5 Å². The molecule has 2 aromatic carbocycles. The standard InChI is InChI=1S/C25H33FN2O4/c1-20-4-2-6-22(14-20)28-10-8-24(29,9-11-28)16-27-12-13-31-18-25(30,17-27)19-32-23-7-3-5-21(26)15-23/h2-7,14-15,29-30H,8-13,16-19H2,1H3. The van der Waals surface area contributed by atoms with Crippen molar-refractivity contribution in [1.82, 2.24) is 4.90 Å². The zero-order chi connectivity index (χ0) is 22.6. The van der Waals surface area contributed by atoms with E-state index in [1.54, 1.807) is 12.1 Å². The van der Waals surface area contributed by atoms with Crippen LogP contribution in [-0.2, 0) is 4.74 Å². The summed E-state index contributed by atoms with van der Waals surface area (Å²) >= 11 is 0. The van der Waals surface area contributed by atoms with Crippen LogP contribution < -0.4 is 9.64 Å². The largest absolute Gasteiger partial charge is 0.490 e. The first-order chi connectivity index (χ1) is 15.3. The molecule has 4 rings (SSSR count). The number of rotatable bonds is 6. The molecule has 6 nitrogen and oxygen atoms in total. The Morgan fingerprint density at radius 3 is 2.56 bits per heavy atom. The van der Waals surface area contributed by atoms with Gasteiger partial charge in [0.2, 0.25) is 0 Å². The first kappa shape index (κ1) is 23.0. The van der Waals surface area contributed by atoms with Crippen molar-refractivity contribution in [3.05, 3.63) is 59.9 Å². The van der Waals surface area contributed by atoms with Gasteiger partial charge in [-0.1, -0.05) is 18.2 Å². The third-order valence-electron chi connectivity index (χ3n) is 6.32. The van der Waals surface area contributed by atoms with Crippen molar-refractivity contribution in [1.29, 1.82) is 0 Å². The van der Waals surface area contributed by atoms with Gasteiger partial charge in [0.25, 0.3) is 0 Å². The van der Waals surface area contributed by atoms with Crippen LogP contribution in [0, 0.1) is 12.7 Å². The summed E-state index contributed by atoms with van der Waals surface area (Å²) in [7, 11) is 0. The van der Waals surface area contributed by atoms with Gasteiger partial charge in [0.05, 0.1) is 18.8 Å². The number of benzene rings is 2. The number of anilines is 1. The molecule has 0 radical (unpaired) electrons. The maximum absolute atomic E-state index is 13.4. The number of halogens is 1. The fourth-order valence-corrected chi connectivity index (χ4v) is 4.57. The number of hydrogen-bond donors (Lipinski definition) is 2. The molecule has 0 aliphatic carbocycles. The van der Waals surface area contributed by atoms with Crippen molar-refractivity contribution in [3.63, 3.8) is 0 Å². The number of aryl methyl sites for hydroxylation is 1. The molecule has 0 saturated carbocycles. The SMILES string of the molecule is Cc1cccc(N2CCC(O)(CN3CCOCC(O)(COc4cccc(F)c4)C3)CC2)c1. The van der Waals surface area contributed by atoms with E-state index in [9.17, 15) is 14.6 Å². The van der Waals surface area contributed by atoms with Crippen LogP contribution in [0.4, 0.5) is 10.1 Å². The predicted octanol–water partition coefficient (Wildman–Crippen LogP) is 2.61. The average Bonchev–Trinajstić information content (AvgIpc) is 2.94. The molecule has 2 heterocycles. The fourth-order valence-electron chi connectivity index (χ4n) is 4.57. The number of piperidine rings is 1. The summed E-state index contributed by atoms with van der Waals surface area (Å²) in [5.74, 6) is -0.0103. The van der Waals surface area contributed by atoms with E-state index in [-0.39, 0.29) is 19.0 Å². The van der Waals surface area contributed by atoms with Gasteiger partial charge in [0.1, 0.15) is 23.8 Å². The minimum absolute atomic E-state index is 0.00742. The molecule has 2 aliphatic rings. The van der Waals surface area contributed by atoms with Crippen LogP contribution >= 0.6 is 0 Å². The van der Waals surface area contributed by atoms with E-state index in [1.807, 2.05) is 0 Å². The van der Waals surface area contributed by atoms with Crippen molar-refractivity contribution in [2.45, 2.75) is 31.0 Å². The summed E-state index contributed by atoms with van der Waals surface area (Å²) in [5, 5.41) is 22.4. The summed E-state index contributed by atoms with van der Waals surface area (Å²) in [4.78, 5) is 4.38. The molecular weight excluding hydrogens is 411 g/mol. The first-order valence-corrected chi connectivity index (χ1v) is 11.3. The number of hydrogen-bond acceptors (Lipinski definition) is 6. The van der Waals surface area contributed by atoms with Crippen LogP contribution in [0.1, 0.15) is 18.4 Å². The normalized spacial score (nSPS) is 24.2. The van der Waals surface area contributed by atoms with E-state index in [2.05, 4.69) is 41.0 Å². The Hall–Kier alpha value is -2.19. The lowest BCUT2D eigenvalue weighted by molar-refractivity contribution is -0.0742. The lowest BCUT2D eigenvalue weighted by Gasteiger charge is -2.42. The third-order valence-corrected chi connectivity index (χ3v) is 6.32. The molecule has 174 valence electrons. The minimum Gasteiger partial charge on any atom is -0.490 e. The van der Waals surface area contributed by atoms with Crippen molar-refractivity contribution >= 4 is 5.69 Å². The van der Waals surface area contributed by atoms with Crippen molar-refractivity contribution in [2.24, 2.45) is 0 Å². The Bertz CT molecular complexity index is 903. The van der Waals surface area contributed by atoms with Gasteiger partial charge in [-0.3, -0.25) is 4.90 Å². The molecule has 0 amide bonds. The van der Waals surface area contributed by atoms with Crippen LogP contribution in [-0.4, -0.2) is 78.9 Å². The first-order valence-electron chi connectivity index (χ1n) is 11.3. The topological polar surface area (TPSA) is 65.4 Å². The highest BCUT2D eigenvalue weighted by Gasteiger charge is 2.39. The van der Waals surface area contributed by atoms with Crippen molar-refractivity contribution in [3.8, 4) is 5.75 Å².